The van der Waals surface area contributed by atoms with Gasteiger partial charge in [-0.3, -0.25) is 0 Å². The summed E-state index contributed by atoms with van der Waals surface area (Å²) in [6.45, 7) is 30.1. The van der Waals surface area contributed by atoms with Gasteiger partial charge in [-0.15, -0.1) is 17.3 Å². The number of allylic oxidation sites excluding steroid dienone is 1. The zero-order valence-corrected chi connectivity index (χ0v) is 35.9. The van der Waals surface area contributed by atoms with Gasteiger partial charge in [-0.05, 0) is 127 Å². The molecule has 9 heteroatoms. The number of hydrogen-bond donors (Lipinski definition) is 2. The Morgan fingerprint density at radius 1 is 0.643 bits per heavy atom. The van der Waals surface area contributed by atoms with E-state index in [0.29, 0.717) is 0 Å². The maximum atomic E-state index is 10.4. The van der Waals surface area contributed by atoms with Crippen LogP contribution >= 0.6 is 0 Å². The fraction of sp³-hybridized carbons (Fsp3) is 0.298. The number of aliphatic hydroxyl groups is 2. The molecule has 0 aliphatic heterocycles. The Morgan fingerprint density at radius 2 is 1.04 bits per heavy atom. The summed E-state index contributed by atoms with van der Waals surface area (Å²) in [5, 5.41) is 32.7. The van der Waals surface area contributed by atoms with Crippen molar-refractivity contribution in [2.45, 2.75) is 69.2 Å². The predicted octanol–water partition coefficient (Wildman–Crippen LogP) is 10.7. The number of hydrazone groups is 1. The second-order valence-electron chi connectivity index (χ2n) is 13.5. The molecule has 0 spiro atoms. The van der Waals surface area contributed by atoms with Crippen LogP contribution in [0, 0.1) is 48.1 Å². The van der Waals surface area contributed by atoms with Gasteiger partial charge in [0.15, 0.2) is 0 Å². The van der Waals surface area contributed by atoms with E-state index in [1.807, 2.05) is 90.1 Å². The molecule has 0 aliphatic rings. The van der Waals surface area contributed by atoms with Gasteiger partial charge in [-0.1, -0.05) is 71.3 Å². The van der Waals surface area contributed by atoms with Crippen molar-refractivity contribution in [1.29, 1.82) is 0 Å². The molecule has 299 valence electrons. The van der Waals surface area contributed by atoms with Gasteiger partial charge in [0.1, 0.15) is 0 Å². The number of aliphatic hydroxyl groups excluding tert-OH is 2. The average molecular weight is 800 g/mol. The van der Waals surface area contributed by atoms with Crippen LogP contribution in [-0.2, 0) is 16.8 Å². The van der Waals surface area contributed by atoms with Gasteiger partial charge in [0.05, 0.1) is 13.3 Å². The Labute approximate surface area is 346 Å². The van der Waals surface area contributed by atoms with E-state index in [1.165, 1.54) is 27.2 Å². The SMILES string of the molecule is C=[N+]([CH-]/C=C/c1ccc(N(CC)CC)cc1)/N=C(\O)c1c(C)cc(C)cc1C.CCN(CC)c1ccc(/C=C/C=N/N=C(\O)c2c(C)cc(C)cc2C)cc1.[Co]. The Kier molecular flexibility index (Phi) is 19.6. The summed E-state index contributed by atoms with van der Waals surface area (Å²) >= 11 is 0. The van der Waals surface area contributed by atoms with Crippen molar-refractivity contribution in [3.63, 3.8) is 0 Å². The molecule has 0 saturated carbocycles. The Morgan fingerprint density at radius 3 is 1.45 bits per heavy atom. The summed E-state index contributed by atoms with van der Waals surface area (Å²) in [6, 6.07) is 25.0. The largest absolute Gasteiger partial charge is 0.492 e. The normalized spacial score (nSPS) is 11.8. The second-order valence-corrected chi connectivity index (χ2v) is 13.5. The van der Waals surface area contributed by atoms with Crippen molar-refractivity contribution in [1.82, 2.24) is 0 Å². The molecule has 0 unspecified atom stereocenters. The average Bonchev–Trinajstić information content (AvgIpc) is 3.13. The zero-order chi connectivity index (χ0) is 40.5. The summed E-state index contributed by atoms with van der Waals surface area (Å²) in [5.74, 6) is -0.0866. The molecule has 4 aromatic rings. The molecule has 0 saturated heterocycles. The van der Waals surface area contributed by atoms with Gasteiger partial charge in [-0.2, -0.15) is 9.79 Å². The standard InChI is InChI=1S/C24H31N3O.C23H29N3O.Co/c1-7-27(8-2)22-13-11-21(12-14-22)10-9-15-26(6)25-24(28)23-19(4)16-18(3)17-20(23)5;1-6-26(7-2)21-12-10-20(11-13-21)9-8-14-24-25-23(27)22-18(4)15-17(3)16-19(22)5;/h9-17H,6-8H2,1-5H3,(H,25,28);8-16H,6-7H2,1-5H3,(H,25,27);/b10-9+;9-8+,24-14+;. The summed E-state index contributed by atoms with van der Waals surface area (Å²) in [7, 11) is 0. The number of aryl methyl sites for hydroxylation is 6. The third-order valence-electron chi connectivity index (χ3n) is 9.21. The predicted molar refractivity (Wildman–Crippen MR) is 238 cm³/mol. The first-order chi connectivity index (χ1) is 26.3. The molecule has 56 heavy (non-hydrogen) atoms. The number of nitrogens with zero attached hydrogens (tertiary/aromatic N) is 6. The number of anilines is 2. The fourth-order valence-electron chi connectivity index (χ4n) is 6.62. The van der Waals surface area contributed by atoms with Crippen LogP contribution in [0.5, 0.6) is 0 Å². The molecule has 8 nitrogen and oxygen atoms in total. The minimum absolute atomic E-state index is 0. The quantitative estimate of drug-likeness (QED) is 0.0412. The van der Waals surface area contributed by atoms with E-state index in [4.69, 9.17) is 0 Å². The molecule has 0 amide bonds. The van der Waals surface area contributed by atoms with E-state index in [2.05, 4.69) is 108 Å². The maximum Gasteiger partial charge on any atom is 0.282 e. The van der Waals surface area contributed by atoms with Crippen LogP contribution in [0.4, 0.5) is 11.4 Å². The summed E-state index contributed by atoms with van der Waals surface area (Å²) in [4.78, 5) is 4.62. The van der Waals surface area contributed by atoms with Crippen molar-refractivity contribution in [3.8, 4) is 0 Å². The van der Waals surface area contributed by atoms with Crippen LogP contribution in [-0.4, -0.2) is 65.8 Å². The molecular weight excluding hydrogens is 739 g/mol. The van der Waals surface area contributed by atoms with Gasteiger partial charge in [0.25, 0.3) is 5.90 Å². The van der Waals surface area contributed by atoms with E-state index in [0.717, 1.165) is 70.7 Å². The van der Waals surface area contributed by atoms with Crippen molar-refractivity contribution in [2.24, 2.45) is 15.3 Å². The first-order valence-electron chi connectivity index (χ1n) is 19.0. The molecule has 0 fully saturated rings. The first-order valence-corrected chi connectivity index (χ1v) is 19.0. The first kappa shape index (κ1) is 46.8. The minimum Gasteiger partial charge on any atom is -0.492 e. The van der Waals surface area contributed by atoms with E-state index in [1.54, 1.807) is 12.8 Å². The third-order valence-corrected chi connectivity index (χ3v) is 9.21. The van der Waals surface area contributed by atoms with E-state index < -0.39 is 0 Å². The molecular formula is C47H60CoN6O2. The van der Waals surface area contributed by atoms with Crippen molar-refractivity contribution >= 4 is 48.3 Å². The third kappa shape index (κ3) is 14.0. The molecule has 1 radical (unpaired) electrons. The van der Waals surface area contributed by atoms with Crippen LogP contribution < -0.4 is 9.80 Å². The number of hydrogen-bond acceptors (Lipinski definition) is 5. The van der Waals surface area contributed by atoms with Gasteiger partial charge in [0, 0.05) is 76.8 Å². The van der Waals surface area contributed by atoms with Gasteiger partial charge in [0.2, 0.25) is 5.90 Å². The van der Waals surface area contributed by atoms with Crippen LogP contribution in [0.1, 0.15) is 83.3 Å². The molecule has 0 aliphatic carbocycles. The van der Waals surface area contributed by atoms with Gasteiger partial charge < -0.3 is 20.0 Å². The van der Waals surface area contributed by atoms with E-state index >= 15 is 0 Å². The summed E-state index contributed by atoms with van der Waals surface area (Å²) in [5.41, 5.74) is 12.5. The number of benzene rings is 4. The molecule has 0 atom stereocenters. The van der Waals surface area contributed by atoms with Gasteiger partial charge >= 0.3 is 0 Å². The molecule has 2 N–H and O–H groups in total. The number of rotatable bonds is 15. The van der Waals surface area contributed by atoms with Gasteiger partial charge in [-0.25, -0.2) is 0 Å². The second kappa shape index (κ2) is 23.5. The Bertz CT molecular complexity index is 1970. The van der Waals surface area contributed by atoms with E-state index in [-0.39, 0.29) is 28.6 Å². The maximum absolute atomic E-state index is 10.4. The molecule has 0 bridgehead atoms. The van der Waals surface area contributed by atoms with Crippen LogP contribution in [0.15, 0.2) is 100 Å². The van der Waals surface area contributed by atoms with Crippen molar-refractivity contribution in [3.05, 3.63) is 147 Å². The molecule has 4 aromatic carbocycles. The van der Waals surface area contributed by atoms with Crippen LogP contribution in [0.2, 0.25) is 0 Å². The van der Waals surface area contributed by atoms with Crippen LogP contribution in [0.3, 0.4) is 0 Å². The topological polar surface area (TPSA) is 87.0 Å². The minimum atomic E-state index is -0.0572. The molecule has 0 heterocycles. The molecule has 0 aromatic heterocycles. The summed E-state index contributed by atoms with van der Waals surface area (Å²) < 4.78 is 1.37. The monoisotopic (exact) mass is 799 g/mol. The van der Waals surface area contributed by atoms with Crippen molar-refractivity contribution < 1.29 is 31.7 Å². The fourth-order valence-corrected chi connectivity index (χ4v) is 6.62. The zero-order valence-electron chi connectivity index (χ0n) is 34.8. The van der Waals surface area contributed by atoms with Crippen molar-refractivity contribution in [2.75, 3.05) is 36.0 Å². The Hall–Kier alpha value is -5.38. The molecule has 4 rings (SSSR count). The smallest absolute Gasteiger partial charge is 0.282 e. The Balaban J connectivity index is 0.000000380. The van der Waals surface area contributed by atoms with E-state index in [9.17, 15) is 10.2 Å². The summed E-state index contributed by atoms with van der Waals surface area (Å²) in [6.07, 6.45) is 9.21. The van der Waals surface area contributed by atoms with Crippen LogP contribution in [0.25, 0.3) is 12.2 Å².